The van der Waals surface area contributed by atoms with Crippen LogP contribution in [0.15, 0.2) is 73.6 Å². The number of unbranched alkanes of at least 4 members (excludes halogenated alkanes) is 1. The first-order valence-corrected chi connectivity index (χ1v) is 10.2. The molecule has 0 spiro atoms. The second kappa shape index (κ2) is 10.6. The third kappa shape index (κ3) is 5.94. The zero-order valence-electron chi connectivity index (χ0n) is 17.3. The Bertz CT molecular complexity index is 993. The molecule has 0 radical (unpaired) electrons. The van der Waals surface area contributed by atoms with E-state index >= 15 is 0 Å². The van der Waals surface area contributed by atoms with Crippen molar-refractivity contribution in [3.63, 3.8) is 0 Å². The lowest BCUT2D eigenvalue weighted by Crippen LogP contribution is -1.97. The van der Waals surface area contributed by atoms with Gasteiger partial charge in [-0.25, -0.2) is 14.4 Å². The van der Waals surface area contributed by atoms with Crippen LogP contribution in [0, 0.1) is 5.82 Å². The van der Waals surface area contributed by atoms with E-state index in [4.69, 9.17) is 0 Å². The van der Waals surface area contributed by atoms with E-state index in [9.17, 15) is 9.50 Å². The maximum atomic E-state index is 14.5. The molecule has 0 saturated carbocycles. The number of hydrogen-bond acceptors (Lipinski definition) is 3. The van der Waals surface area contributed by atoms with Crippen molar-refractivity contribution in [2.24, 2.45) is 0 Å². The molecule has 1 atom stereocenters. The van der Waals surface area contributed by atoms with E-state index < -0.39 is 0 Å². The minimum absolute atomic E-state index is 0.241. The van der Waals surface area contributed by atoms with Crippen molar-refractivity contribution in [3.05, 3.63) is 90.8 Å². The van der Waals surface area contributed by atoms with Crippen LogP contribution >= 0.6 is 0 Å². The highest BCUT2D eigenvalue weighted by molar-refractivity contribution is 5.70. The molecular weight excluding hydrogens is 375 g/mol. The van der Waals surface area contributed by atoms with Crippen LogP contribution in [0.4, 0.5) is 4.39 Å². The number of hydrogen-bond donors (Lipinski definition) is 1. The molecule has 0 aliphatic rings. The van der Waals surface area contributed by atoms with Gasteiger partial charge in [0, 0.05) is 29.9 Å². The molecule has 3 nitrogen and oxygen atoms in total. The van der Waals surface area contributed by atoms with Gasteiger partial charge in [-0.05, 0) is 48.9 Å². The van der Waals surface area contributed by atoms with Crippen molar-refractivity contribution in [1.29, 1.82) is 0 Å². The quantitative estimate of drug-likeness (QED) is 0.340. The van der Waals surface area contributed by atoms with Gasteiger partial charge in [-0.3, -0.25) is 0 Å². The van der Waals surface area contributed by atoms with Crippen LogP contribution in [-0.2, 0) is 6.42 Å². The first-order chi connectivity index (χ1) is 14.6. The normalized spacial score (nSPS) is 12.2. The molecule has 154 valence electrons. The third-order valence-electron chi connectivity index (χ3n) is 4.87. The molecule has 1 unspecified atom stereocenters. The Morgan fingerprint density at radius 2 is 1.63 bits per heavy atom. The van der Waals surface area contributed by atoms with Crippen LogP contribution in [0.5, 0.6) is 0 Å². The van der Waals surface area contributed by atoms with E-state index in [1.165, 1.54) is 0 Å². The maximum Gasteiger partial charge on any atom is 0.131 e. The molecule has 1 N–H and O–H groups in total. The molecule has 3 aromatic rings. The standard InChI is InChI=1S/C26H27FN2O/c1-3-7-26-28-17-24(18-29-26)21-12-10-20(11-13-21)23-15-14-22(25(27)16-23)9-6-4-5-8-19(2)30/h3,6,9-19,30H,1,4-5,7-8H2,2H3. The van der Waals surface area contributed by atoms with Crippen LogP contribution in [-0.4, -0.2) is 21.2 Å². The number of aromatic nitrogens is 2. The summed E-state index contributed by atoms with van der Waals surface area (Å²) in [5.41, 5.74) is 4.32. The zero-order valence-corrected chi connectivity index (χ0v) is 17.3. The minimum atomic E-state index is -0.287. The van der Waals surface area contributed by atoms with Gasteiger partial charge in [0.2, 0.25) is 0 Å². The van der Waals surface area contributed by atoms with E-state index in [2.05, 4.69) is 16.5 Å². The van der Waals surface area contributed by atoms with Gasteiger partial charge in [0.15, 0.2) is 0 Å². The maximum absolute atomic E-state index is 14.5. The predicted molar refractivity (Wildman–Crippen MR) is 121 cm³/mol. The molecule has 4 heteroatoms. The summed E-state index contributed by atoms with van der Waals surface area (Å²) in [4.78, 5) is 8.68. The number of benzene rings is 2. The van der Waals surface area contributed by atoms with Gasteiger partial charge in [-0.1, -0.05) is 54.6 Å². The molecule has 0 aliphatic heterocycles. The van der Waals surface area contributed by atoms with Crippen LogP contribution < -0.4 is 0 Å². The zero-order chi connectivity index (χ0) is 21.3. The number of allylic oxidation sites excluding steroid dienone is 2. The van der Waals surface area contributed by atoms with Crippen molar-refractivity contribution in [2.45, 2.75) is 38.7 Å². The highest BCUT2D eigenvalue weighted by Crippen LogP contribution is 2.26. The van der Waals surface area contributed by atoms with Crippen molar-refractivity contribution >= 4 is 6.08 Å². The Morgan fingerprint density at radius 1 is 1.00 bits per heavy atom. The first kappa shape index (κ1) is 21.6. The van der Waals surface area contributed by atoms with Crippen LogP contribution in [0.1, 0.15) is 37.6 Å². The van der Waals surface area contributed by atoms with Crippen LogP contribution in [0.3, 0.4) is 0 Å². The van der Waals surface area contributed by atoms with E-state index in [1.54, 1.807) is 31.2 Å². The van der Waals surface area contributed by atoms with Gasteiger partial charge in [-0.15, -0.1) is 6.58 Å². The molecule has 1 heterocycles. The van der Waals surface area contributed by atoms with Crippen molar-refractivity contribution in [3.8, 4) is 22.3 Å². The fourth-order valence-electron chi connectivity index (χ4n) is 3.18. The summed E-state index contributed by atoms with van der Waals surface area (Å²) in [5, 5.41) is 9.27. The monoisotopic (exact) mass is 402 g/mol. The van der Waals surface area contributed by atoms with Gasteiger partial charge >= 0.3 is 0 Å². The molecule has 2 aromatic carbocycles. The van der Waals surface area contributed by atoms with Gasteiger partial charge in [-0.2, -0.15) is 0 Å². The molecule has 1 aromatic heterocycles. The van der Waals surface area contributed by atoms with Crippen LogP contribution in [0.2, 0.25) is 0 Å². The van der Waals surface area contributed by atoms with Gasteiger partial charge in [0.05, 0.1) is 6.10 Å². The summed E-state index contributed by atoms with van der Waals surface area (Å²) < 4.78 is 14.5. The summed E-state index contributed by atoms with van der Waals surface area (Å²) in [6.07, 6.45) is 12.0. The third-order valence-corrected chi connectivity index (χ3v) is 4.87. The Labute approximate surface area is 177 Å². The topological polar surface area (TPSA) is 46.0 Å². The SMILES string of the molecule is C=CCc1ncc(-c2ccc(-c3ccc(C=CCCCC(C)O)c(F)c3)cc2)cn1. The molecule has 0 aliphatic carbocycles. The Morgan fingerprint density at radius 3 is 2.23 bits per heavy atom. The highest BCUT2D eigenvalue weighted by atomic mass is 19.1. The molecule has 0 amide bonds. The number of nitrogens with zero attached hydrogens (tertiary/aromatic N) is 2. The summed E-state index contributed by atoms with van der Waals surface area (Å²) >= 11 is 0. The highest BCUT2D eigenvalue weighted by Gasteiger charge is 2.05. The molecule has 0 saturated heterocycles. The summed E-state index contributed by atoms with van der Waals surface area (Å²) in [5.74, 6) is 0.507. The molecule has 30 heavy (non-hydrogen) atoms. The molecule has 0 bridgehead atoms. The average Bonchev–Trinajstić information content (AvgIpc) is 2.75. The van der Waals surface area contributed by atoms with Crippen molar-refractivity contribution < 1.29 is 9.50 Å². The fraction of sp³-hybridized carbons (Fsp3) is 0.231. The minimum Gasteiger partial charge on any atom is -0.393 e. The van der Waals surface area contributed by atoms with Gasteiger partial charge in [0.1, 0.15) is 11.6 Å². The number of aliphatic hydroxyl groups excluding tert-OH is 1. The summed E-state index contributed by atoms with van der Waals surface area (Å²) in [6.45, 7) is 5.48. The summed E-state index contributed by atoms with van der Waals surface area (Å²) in [7, 11) is 0. The second-order valence-corrected chi connectivity index (χ2v) is 7.38. The lowest BCUT2D eigenvalue weighted by Gasteiger charge is -2.07. The fourth-order valence-corrected chi connectivity index (χ4v) is 3.18. The van der Waals surface area contributed by atoms with Gasteiger partial charge in [0.25, 0.3) is 0 Å². The first-order valence-electron chi connectivity index (χ1n) is 10.2. The number of aliphatic hydroxyl groups is 1. The van der Waals surface area contributed by atoms with Crippen molar-refractivity contribution in [1.82, 2.24) is 9.97 Å². The van der Waals surface area contributed by atoms with E-state index in [0.717, 1.165) is 47.3 Å². The Balaban J connectivity index is 1.68. The second-order valence-electron chi connectivity index (χ2n) is 7.38. The van der Waals surface area contributed by atoms with Gasteiger partial charge < -0.3 is 5.11 Å². The largest absolute Gasteiger partial charge is 0.393 e. The number of halogens is 1. The molecule has 0 fully saturated rings. The average molecular weight is 403 g/mol. The summed E-state index contributed by atoms with van der Waals surface area (Å²) in [6, 6.07) is 13.2. The lowest BCUT2D eigenvalue weighted by atomic mass is 10.00. The molecule has 3 rings (SSSR count). The van der Waals surface area contributed by atoms with E-state index in [1.807, 2.05) is 48.8 Å². The Kier molecular flexibility index (Phi) is 7.63. The smallest absolute Gasteiger partial charge is 0.131 e. The van der Waals surface area contributed by atoms with Crippen molar-refractivity contribution in [2.75, 3.05) is 0 Å². The van der Waals surface area contributed by atoms with E-state index in [0.29, 0.717) is 12.0 Å². The molecular formula is C26H27FN2O. The van der Waals surface area contributed by atoms with Crippen LogP contribution in [0.25, 0.3) is 28.3 Å². The predicted octanol–water partition coefficient (Wildman–Crippen LogP) is 6.24. The number of rotatable bonds is 9. The Hall–Kier alpha value is -3.11. The lowest BCUT2D eigenvalue weighted by molar-refractivity contribution is 0.182. The van der Waals surface area contributed by atoms with E-state index in [-0.39, 0.29) is 11.9 Å².